The van der Waals surface area contributed by atoms with E-state index in [0.717, 1.165) is 25.9 Å². The van der Waals surface area contributed by atoms with E-state index in [2.05, 4.69) is 26.1 Å². The van der Waals surface area contributed by atoms with E-state index in [4.69, 9.17) is 4.55 Å². The van der Waals surface area contributed by atoms with Gasteiger partial charge in [-0.15, -0.1) is 0 Å². The van der Waals surface area contributed by atoms with E-state index >= 15 is 0 Å². The fourth-order valence-electron chi connectivity index (χ4n) is 2.02. The Bertz CT molecular complexity index is 277. The number of rotatable bonds is 13. The predicted molar refractivity (Wildman–Crippen MR) is 92.5 cm³/mol. The minimum absolute atomic E-state index is 0.0799. The van der Waals surface area contributed by atoms with E-state index in [9.17, 15) is 8.42 Å². The number of hydrogen-bond donors (Lipinski definition) is 2. The van der Waals surface area contributed by atoms with Crippen molar-refractivity contribution < 1.29 is 13.0 Å². The molecule has 130 valence electrons. The summed E-state index contributed by atoms with van der Waals surface area (Å²) in [5.41, 5.74) is 0. The minimum Gasteiger partial charge on any atom is -0.317 e. The first-order valence-electron chi connectivity index (χ1n) is 8.63. The molecule has 0 radical (unpaired) electrons. The maximum absolute atomic E-state index is 10.4. The lowest BCUT2D eigenvalue weighted by molar-refractivity contribution is 0.478. The highest BCUT2D eigenvalue weighted by atomic mass is 32.2. The van der Waals surface area contributed by atoms with E-state index in [1.165, 1.54) is 44.9 Å². The van der Waals surface area contributed by atoms with E-state index in [1.807, 2.05) is 0 Å². The molecule has 0 saturated carbocycles. The Morgan fingerprint density at radius 1 is 0.714 bits per heavy atom. The second kappa shape index (κ2) is 17.9. The molecular weight excluding hydrogens is 286 g/mol. The van der Waals surface area contributed by atoms with Gasteiger partial charge in [-0.25, -0.2) is 0 Å². The molecule has 0 saturated heterocycles. The van der Waals surface area contributed by atoms with Gasteiger partial charge in [0.05, 0.1) is 5.75 Å². The summed E-state index contributed by atoms with van der Waals surface area (Å²) < 4.78 is 29.4. The van der Waals surface area contributed by atoms with Gasteiger partial charge in [0, 0.05) is 0 Å². The second-order valence-electron chi connectivity index (χ2n) is 5.43. The summed E-state index contributed by atoms with van der Waals surface area (Å²) in [6.07, 6.45) is 11.7. The van der Waals surface area contributed by atoms with Crippen LogP contribution in [0.1, 0.15) is 85.0 Å². The topological polar surface area (TPSA) is 66.4 Å². The Balaban J connectivity index is 0. The predicted octanol–water partition coefficient (Wildman–Crippen LogP) is 4.41. The van der Waals surface area contributed by atoms with Gasteiger partial charge in [-0.05, 0) is 19.5 Å². The van der Waals surface area contributed by atoms with Crippen LogP contribution in [0.5, 0.6) is 0 Å². The third kappa shape index (κ3) is 28.7. The average molecular weight is 324 g/mol. The Morgan fingerprint density at radius 2 is 1.10 bits per heavy atom. The molecule has 0 bridgehead atoms. The summed E-state index contributed by atoms with van der Waals surface area (Å²) in [7, 11) is -3.73. The van der Waals surface area contributed by atoms with Crippen LogP contribution in [0.3, 0.4) is 0 Å². The van der Waals surface area contributed by atoms with E-state index in [1.54, 1.807) is 0 Å². The largest absolute Gasteiger partial charge is 0.317 e. The van der Waals surface area contributed by atoms with Crippen LogP contribution in [-0.2, 0) is 10.1 Å². The van der Waals surface area contributed by atoms with Crippen LogP contribution >= 0.6 is 0 Å². The molecule has 0 atom stereocenters. The molecular formula is C16H37NO3S. The van der Waals surface area contributed by atoms with Gasteiger partial charge in [0.1, 0.15) is 0 Å². The zero-order valence-electron chi connectivity index (χ0n) is 14.4. The van der Waals surface area contributed by atoms with E-state index in [0.29, 0.717) is 6.42 Å². The van der Waals surface area contributed by atoms with Crippen LogP contribution in [0.4, 0.5) is 0 Å². The van der Waals surface area contributed by atoms with Crippen LogP contribution in [-0.4, -0.2) is 31.8 Å². The van der Waals surface area contributed by atoms with Gasteiger partial charge in [0.2, 0.25) is 0 Å². The molecule has 0 aliphatic heterocycles. The monoisotopic (exact) mass is 323 g/mol. The minimum atomic E-state index is -3.73. The maximum Gasteiger partial charge on any atom is 0.264 e. The molecule has 5 heteroatoms. The summed E-state index contributed by atoms with van der Waals surface area (Å²) in [5, 5.41) is 3.11. The molecule has 0 aromatic rings. The number of nitrogens with one attached hydrogen (secondary N) is 1. The SMILES string of the molecule is CCCCCCCCCCCCS(=O)(=O)O.CCNCC. The molecule has 2 N–H and O–H groups in total. The molecule has 0 aliphatic carbocycles. The normalized spacial score (nSPS) is 11.0. The van der Waals surface area contributed by atoms with Gasteiger partial charge in [-0.2, -0.15) is 8.42 Å². The molecule has 0 aromatic heterocycles. The van der Waals surface area contributed by atoms with Gasteiger partial charge in [0.25, 0.3) is 10.1 Å². The zero-order valence-corrected chi connectivity index (χ0v) is 15.2. The highest BCUT2D eigenvalue weighted by Gasteiger charge is 2.02. The fourth-order valence-corrected chi connectivity index (χ4v) is 2.59. The van der Waals surface area contributed by atoms with Crippen molar-refractivity contribution in [1.29, 1.82) is 0 Å². The quantitative estimate of drug-likeness (QED) is 0.389. The van der Waals surface area contributed by atoms with Gasteiger partial charge >= 0.3 is 0 Å². The highest BCUT2D eigenvalue weighted by Crippen LogP contribution is 2.10. The van der Waals surface area contributed by atoms with Crippen LogP contribution in [0.25, 0.3) is 0 Å². The van der Waals surface area contributed by atoms with Crippen molar-refractivity contribution in [1.82, 2.24) is 5.32 Å². The van der Waals surface area contributed by atoms with Crippen LogP contribution in [0.15, 0.2) is 0 Å². The van der Waals surface area contributed by atoms with Crippen molar-refractivity contribution in [3.8, 4) is 0 Å². The highest BCUT2D eigenvalue weighted by molar-refractivity contribution is 7.85. The lowest BCUT2D eigenvalue weighted by Crippen LogP contribution is -2.09. The lowest BCUT2D eigenvalue weighted by atomic mass is 10.1. The smallest absolute Gasteiger partial charge is 0.264 e. The summed E-state index contributed by atoms with van der Waals surface area (Å²) in [4.78, 5) is 0. The standard InChI is InChI=1S/C12H26O3S.C4H11N/c1-2-3-4-5-6-7-8-9-10-11-12-16(13,14)15;1-3-5-4-2/h2-12H2,1H3,(H,13,14,15);5H,3-4H2,1-2H3. The lowest BCUT2D eigenvalue weighted by Gasteiger charge is -2.01. The van der Waals surface area contributed by atoms with E-state index in [-0.39, 0.29) is 5.75 Å². The first-order chi connectivity index (χ1) is 9.97. The summed E-state index contributed by atoms with van der Waals surface area (Å²) in [6, 6.07) is 0. The van der Waals surface area contributed by atoms with Crippen molar-refractivity contribution in [3.05, 3.63) is 0 Å². The second-order valence-corrected chi connectivity index (χ2v) is 7.00. The summed E-state index contributed by atoms with van der Waals surface area (Å²) in [5.74, 6) is -0.0799. The van der Waals surface area contributed by atoms with Gasteiger partial charge in [-0.3, -0.25) is 4.55 Å². The van der Waals surface area contributed by atoms with Gasteiger partial charge < -0.3 is 5.32 Å². The Labute approximate surface area is 132 Å². The molecule has 0 spiro atoms. The molecule has 0 fully saturated rings. The molecule has 0 amide bonds. The number of unbranched alkanes of at least 4 members (excludes halogenated alkanes) is 9. The van der Waals surface area contributed by atoms with Crippen LogP contribution in [0.2, 0.25) is 0 Å². The molecule has 0 aromatic carbocycles. The molecule has 0 aliphatic rings. The maximum atomic E-state index is 10.4. The number of hydrogen-bond acceptors (Lipinski definition) is 3. The Kier molecular flexibility index (Phi) is 19.7. The van der Waals surface area contributed by atoms with Crippen LogP contribution < -0.4 is 5.32 Å². The van der Waals surface area contributed by atoms with E-state index < -0.39 is 10.1 Å². The first-order valence-corrected chi connectivity index (χ1v) is 10.2. The zero-order chi connectivity index (χ0) is 16.4. The Hall–Kier alpha value is -0.130. The first kappa shape index (κ1) is 23.1. The van der Waals surface area contributed by atoms with Crippen molar-refractivity contribution in [2.45, 2.75) is 85.0 Å². The van der Waals surface area contributed by atoms with Gasteiger partial charge in [-0.1, -0.05) is 78.6 Å². The van der Waals surface area contributed by atoms with Crippen molar-refractivity contribution >= 4 is 10.1 Å². The molecule has 4 nitrogen and oxygen atoms in total. The molecule has 0 unspecified atom stereocenters. The third-order valence-corrected chi connectivity index (χ3v) is 4.06. The average Bonchev–Trinajstić information content (AvgIpc) is 2.41. The van der Waals surface area contributed by atoms with Crippen molar-refractivity contribution in [3.63, 3.8) is 0 Å². The van der Waals surface area contributed by atoms with Crippen molar-refractivity contribution in [2.75, 3.05) is 18.8 Å². The molecule has 0 rings (SSSR count). The van der Waals surface area contributed by atoms with Gasteiger partial charge in [0.15, 0.2) is 0 Å². The van der Waals surface area contributed by atoms with Crippen molar-refractivity contribution in [2.24, 2.45) is 0 Å². The molecule has 21 heavy (non-hydrogen) atoms. The fraction of sp³-hybridized carbons (Fsp3) is 1.00. The molecule has 0 heterocycles. The summed E-state index contributed by atoms with van der Waals surface area (Å²) in [6.45, 7) is 8.61. The summed E-state index contributed by atoms with van der Waals surface area (Å²) >= 11 is 0. The third-order valence-electron chi connectivity index (χ3n) is 3.26. The Morgan fingerprint density at radius 3 is 1.38 bits per heavy atom. The van der Waals surface area contributed by atoms with Crippen LogP contribution in [0, 0.1) is 0 Å².